The molecule has 0 nitrogen and oxygen atoms in total. The standard InChI is InChI=1S/C23H20P/c1-24(21-15-9-4-10-16-21)22(19-11-5-2-6-12-19)17-18-23(24)20-13-7-3-8-14-20/h2-18H,1H3/q+1. The fourth-order valence-electron chi connectivity index (χ4n) is 3.52. The van der Waals surface area contributed by atoms with Gasteiger partial charge in [0.1, 0.15) is 23.2 Å². The van der Waals surface area contributed by atoms with Crippen molar-refractivity contribution in [2.75, 3.05) is 6.66 Å². The Balaban J connectivity index is 1.90. The molecule has 0 radical (unpaired) electrons. The van der Waals surface area contributed by atoms with Gasteiger partial charge in [-0.2, -0.15) is 0 Å². The van der Waals surface area contributed by atoms with E-state index >= 15 is 0 Å². The van der Waals surface area contributed by atoms with Crippen molar-refractivity contribution in [2.45, 2.75) is 0 Å². The van der Waals surface area contributed by atoms with Gasteiger partial charge >= 0.3 is 0 Å². The summed E-state index contributed by atoms with van der Waals surface area (Å²) in [6, 6.07) is 32.6. The van der Waals surface area contributed by atoms with Crippen LogP contribution in [0.25, 0.3) is 10.6 Å². The van der Waals surface area contributed by atoms with E-state index in [-0.39, 0.29) is 0 Å². The van der Waals surface area contributed by atoms with Gasteiger partial charge in [-0.15, -0.1) is 0 Å². The van der Waals surface area contributed by atoms with Gasteiger partial charge < -0.3 is 0 Å². The summed E-state index contributed by atoms with van der Waals surface area (Å²) in [5.74, 6) is 0. The predicted octanol–water partition coefficient (Wildman–Crippen LogP) is 6.06. The quantitative estimate of drug-likeness (QED) is 0.513. The third kappa shape index (κ3) is 2.44. The van der Waals surface area contributed by atoms with Crippen LogP contribution in [0.4, 0.5) is 0 Å². The highest BCUT2D eigenvalue weighted by molar-refractivity contribution is 7.99. The fraction of sp³-hybridized carbons (Fsp3) is 0.0435. The van der Waals surface area contributed by atoms with Crippen LogP contribution in [0.2, 0.25) is 0 Å². The maximum Gasteiger partial charge on any atom is 0.111 e. The van der Waals surface area contributed by atoms with E-state index in [0.717, 1.165) is 0 Å². The van der Waals surface area contributed by atoms with Crippen molar-refractivity contribution in [3.05, 3.63) is 114 Å². The molecule has 0 fully saturated rings. The van der Waals surface area contributed by atoms with Gasteiger partial charge in [-0.05, 0) is 24.3 Å². The zero-order chi connectivity index (χ0) is 16.4. The average molecular weight is 327 g/mol. The molecule has 1 heterocycles. The van der Waals surface area contributed by atoms with Crippen LogP contribution in [0.15, 0.2) is 103 Å². The van der Waals surface area contributed by atoms with E-state index in [2.05, 4.69) is 110 Å². The number of hydrogen-bond acceptors (Lipinski definition) is 0. The summed E-state index contributed by atoms with van der Waals surface area (Å²) in [5.41, 5.74) is 2.67. The Morgan fingerprint density at radius 3 is 1.29 bits per heavy atom. The Hall–Kier alpha value is -2.43. The van der Waals surface area contributed by atoms with Crippen molar-refractivity contribution >= 4 is 23.2 Å². The van der Waals surface area contributed by atoms with E-state index in [1.54, 1.807) is 0 Å². The van der Waals surface area contributed by atoms with Gasteiger partial charge in [0.25, 0.3) is 0 Å². The van der Waals surface area contributed by atoms with E-state index in [9.17, 15) is 0 Å². The molecule has 116 valence electrons. The van der Waals surface area contributed by atoms with Gasteiger partial charge in [0.05, 0.1) is 6.66 Å². The van der Waals surface area contributed by atoms with Crippen molar-refractivity contribution in [1.82, 2.24) is 0 Å². The Kier molecular flexibility index (Phi) is 3.92. The van der Waals surface area contributed by atoms with Crippen LogP contribution in [0.5, 0.6) is 0 Å². The van der Waals surface area contributed by atoms with E-state index in [4.69, 9.17) is 0 Å². The minimum absolute atomic E-state index is 1.33. The molecule has 0 unspecified atom stereocenters. The van der Waals surface area contributed by atoms with Crippen molar-refractivity contribution in [2.24, 2.45) is 0 Å². The first-order chi connectivity index (χ1) is 11.8. The SMILES string of the molecule is C[P+]1(c2ccccc2)C(c2ccccc2)=CC=C1c1ccccc1. The van der Waals surface area contributed by atoms with Crippen molar-refractivity contribution in [1.29, 1.82) is 0 Å². The number of rotatable bonds is 3. The largest absolute Gasteiger partial charge is 0.111 e. The summed E-state index contributed by atoms with van der Waals surface area (Å²) in [6.45, 7) is 2.45. The average Bonchev–Trinajstić information content (AvgIpc) is 3.02. The Morgan fingerprint density at radius 2 is 0.875 bits per heavy atom. The summed E-state index contributed by atoms with van der Waals surface area (Å²) in [6.07, 6.45) is 4.66. The van der Waals surface area contributed by atoms with Crippen LogP contribution in [0.3, 0.4) is 0 Å². The zero-order valence-corrected chi connectivity index (χ0v) is 14.7. The van der Waals surface area contributed by atoms with E-state index in [1.807, 2.05) is 0 Å². The third-order valence-corrected chi connectivity index (χ3v) is 8.85. The van der Waals surface area contributed by atoms with Gasteiger partial charge in [-0.25, -0.2) is 0 Å². The molecule has 0 N–H and O–H groups in total. The lowest BCUT2D eigenvalue weighted by molar-refractivity contribution is 1.64. The van der Waals surface area contributed by atoms with Gasteiger partial charge in [0, 0.05) is 11.1 Å². The maximum atomic E-state index is 2.45. The molecule has 0 amide bonds. The molecule has 1 aliphatic heterocycles. The molecule has 0 aliphatic carbocycles. The molecule has 1 heteroatoms. The third-order valence-electron chi connectivity index (χ3n) is 4.77. The van der Waals surface area contributed by atoms with Crippen LogP contribution in [0, 0.1) is 0 Å². The van der Waals surface area contributed by atoms with Crippen LogP contribution in [-0.4, -0.2) is 6.66 Å². The van der Waals surface area contributed by atoms with E-state index in [1.165, 1.54) is 27.1 Å². The number of hydrogen-bond donors (Lipinski definition) is 0. The molecule has 3 aromatic carbocycles. The maximum absolute atomic E-state index is 2.45. The first-order valence-electron chi connectivity index (χ1n) is 8.26. The summed E-state index contributed by atoms with van der Waals surface area (Å²) >= 11 is 0. The lowest BCUT2D eigenvalue weighted by Crippen LogP contribution is -2.11. The normalized spacial score (nSPS) is 15.7. The number of benzene rings is 3. The molecular formula is C23H20P+. The van der Waals surface area contributed by atoms with Crippen LogP contribution in [0.1, 0.15) is 11.1 Å². The molecule has 24 heavy (non-hydrogen) atoms. The minimum Gasteiger partial charge on any atom is -0.0622 e. The molecule has 0 saturated carbocycles. The highest BCUT2D eigenvalue weighted by Gasteiger charge is 2.47. The first kappa shape index (κ1) is 15.1. The second-order valence-corrected chi connectivity index (χ2v) is 9.67. The highest BCUT2D eigenvalue weighted by atomic mass is 31.2. The van der Waals surface area contributed by atoms with Crippen molar-refractivity contribution in [3.8, 4) is 0 Å². The lowest BCUT2D eigenvalue weighted by Gasteiger charge is -2.24. The first-order valence-corrected chi connectivity index (χ1v) is 10.5. The Bertz CT molecular complexity index is 835. The van der Waals surface area contributed by atoms with Crippen LogP contribution >= 0.6 is 7.26 Å². The molecular weight excluding hydrogens is 307 g/mol. The van der Waals surface area contributed by atoms with E-state index < -0.39 is 7.26 Å². The smallest absolute Gasteiger partial charge is 0.0622 e. The Labute approximate surface area is 144 Å². The molecule has 0 bridgehead atoms. The van der Waals surface area contributed by atoms with Crippen LogP contribution in [-0.2, 0) is 0 Å². The van der Waals surface area contributed by atoms with Gasteiger partial charge in [0.2, 0.25) is 0 Å². The summed E-state index contributed by atoms with van der Waals surface area (Å²) in [7, 11) is -1.61. The highest BCUT2D eigenvalue weighted by Crippen LogP contribution is 2.76. The summed E-state index contributed by atoms with van der Waals surface area (Å²) in [5, 5.41) is 4.37. The van der Waals surface area contributed by atoms with Gasteiger partial charge in [-0.3, -0.25) is 0 Å². The second kappa shape index (κ2) is 6.23. The van der Waals surface area contributed by atoms with Gasteiger partial charge in [0.15, 0.2) is 0 Å². The van der Waals surface area contributed by atoms with E-state index in [0.29, 0.717) is 0 Å². The topological polar surface area (TPSA) is 0 Å². The molecule has 0 saturated heterocycles. The molecule has 4 rings (SSSR count). The second-order valence-electron chi connectivity index (χ2n) is 6.18. The molecule has 0 spiro atoms. The van der Waals surface area contributed by atoms with Gasteiger partial charge in [-0.1, -0.05) is 78.9 Å². The van der Waals surface area contributed by atoms with Crippen molar-refractivity contribution < 1.29 is 0 Å². The summed E-state index contributed by atoms with van der Waals surface area (Å²) in [4.78, 5) is 0. The molecule has 1 aliphatic rings. The Morgan fingerprint density at radius 1 is 0.500 bits per heavy atom. The van der Waals surface area contributed by atoms with Crippen LogP contribution < -0.4 is 5.30 Å². The lowest BCUT2D eigenvalue weighted by atomic mass is 10.2. The number of allylic oxidation sites excluding steroid dienone is 2. The predicted molar refractivity (Wildman–Crippen MR) is 108 cm³/mol. The molecule has 0 aromatic heterocycles. The zero-order valence-electron chi connectivity index (χ0n) is 13.8. The monoisotopic (exact) mass is 327 g/mol. The fourth-order valence-corrected chi connectivity index (χ4v) is 7.18. The summed E-state index contributed by atoms with van der Waals surface area (Å²) < 4.78 is 0. The minimum atomic E-state index is -1.61. The molecule has 3 aromatic rings. The molecule has 0 atom stereocenters. The van der Waals surface area contributed by atoms with Crippen molar-refractivity contribution in [3.63, 3.8) is 0 Å².